The van der Waals surface area contributed by atoms with Crippen molar-refractivity contribution in [2.75, 3.05) is 33.3 Å². The van der Waals surface area contributed by atoms with Crippen molar-refractivity contribution in [3.05, 3.63) is 0 Å². The molecule has 0 bridgehead atoms. The second-order valence-electron chi connectivity index (χ2n) is 6.66. The number of piperidine rings is 1. The van der Waals surface area contributed by atoms with E-state index in [1.54, 1.807) is 7.11 Å². The molecule has 2 aliphatic heterocycles. The summed E-state index contributed by atoms with van der Waals surface area (Å²) in [7, 11) is 1.71. The minimum absolute atomic E-state index is 0.103. The van der Waals surface area contributed by atoms with E-state index < -0.39 is 0 Å². The quantitative estimate of drug-likeness (QED) is 0.787. The molecule has 3 aliphatic rings. The summed E-state index contributed by atoms with van der Waals surface area (Å²) in [4.78, 5) is 28.6. The lowest BCUT2D eigenvalue weighted by molar-refractivity contribution is -0.143. The third kappa shape index (κ3) is 3.07. The highest BCUT2D eigenvalue weighted by Gasteiger charge is 2.36. The first-order valence-electron chi connectivity index (χ1n) is 8.29. The number of likely N-dealkylation sites (tertiary alicyclic amines) is 2. The number of hydrogen-bond acceptors (Lipinski definition) is 3. The van der Waals surface area contributed by atoms with Crippen molar-refractivity contribution in [1.29, 1.82) is 0 Å². The first-order chi connectivity index (χ1) is 10.2. The van der Waals surface area contributed by atoms with Gasteiger partial charge in [0.05, 0.1) is 6.10 Å². The summed E-state index contributed by atoms with van der Waals surface area (Å²) in [5.41, 5.74) is 0. The van der Waals surface area contributed by atoms with Crippen LogP contribution >= 0.6 is 0 Å². The fourth-order valence-electron chi connectivity index (χ4n) is 3.64. The van der Waals surface area contributed by atoms with Crippen LogP contribution in [0.3, 0.4) is 0 Å². The zero-order valence-corrected chi connectivity index (χ0v) is 12.9. The summed E-state index contributed by atoms with van der Waals surface area (Å²) in [6.45, 7) is 3.07. The van der Waals surface area contributed by atoms with Gasteiger partial charge in [-0.3, -0.25) is 9.59 Å². The zero-order chi connectivity index (χ0) is 14.8. The maximum absolute atomic E-state index is 12.5. The monoisotopic (exact) mass is 294 g/mol. The van der Waals surface area contributed by atoms with Gasteiger partial charge in [-0.1, -0.05) is 6.42 Å². The molecule has 5 nitrogen and oxygen atoms in total. The Morgan fingerprint density at radius 3 is 1.95 bits per heavy atom. The van der Waals surface area contributed by atoms with Crippen molar-refractivity contribution in [2.45, 2.75) is 44.6 Å². The van der Waals surface area contributed by atoms with E-state index in [0.29, 0.717) is 5.91 Å². The van der Waals surface area contributed by atoms with E-state index in [-0.39, 0.29) is 23.8 Å². The highest BCUT2D eigenvalue weighted by molar-refractivity contribution is 5.81. The van der Waals surface area contributed by atoms with Crippen LogP contribution in [0.25, 0.3) is 0 Å². The van der Waals surface area contributed by atoms with Crippen LogP contribution < -0.4 is 0 Å². The normalized spacial score (nSPS) is 27.8. The molecule has 2 heterocycles. The van der Waals surface area contributed by atoms with Gasteiger partial charge in [-0.2, -0.15) is 0 Å². The molecule has 3 rings (SSSR count). The number of carbonyl (C=O) groups is 2. The Morgan fingerprint density at radius 1 is 0.857 bits per heavy atom. The molecule has 21 heavy (non-hydrogen) atoms. The first-order valence-corrected chi connectivity index (χ1v) is 8.29. The van der Waals surface area contributed by atoms with Gasteiger partial charge < -0.3 is 14.5 Å². The summed E-state index contributed by atoms with van der Waals surface area (Å²) in [5.74, 6) is 0.974. The number of methoxy groups -OCH3 is 1. The van der Waals surface area contributed by atoms with E-state index in [1.807, 2.05) is 9.80 Å². The number of ether oxygens (including phenoxy) is 1. The summed E-state index contributed by atoms with van der Waals surface area (Å²) in [6.07, 6.45) is 6.11. The Hall–Kier alpha value is -1.10. The first kappa shape index (κ1) is 14.8. The van der Waals surface area contributed by atoms with E-state index in [2.05, 4.69) is 0 Å². The Morgan fingerprint density at radius 2 is 1.43 bits per heavy atom. The summed E-state index contributed by atoms with van der Waals surface area (Å²) >= 11 is 0. The predicted octanol–water partition coefficient (Wildman–Crippen LogP) is 1.27. The average molecular weight is 294 g/mol. The topological polar surface area (TPSA) is 49.9 Å². The fraction of sp³-hybridized carbons (Fsp3) is 0.875. The van der Waals surface area contributed by atoms with Gasteiger partial charge in [0, 0.05) is 45.1 Å². The smallest absolute Gasteiger partial charge is 0.225 e. The molecule has 1 atom stereocenters. The van der Waals surface area contributed by atoms with Crippen molar-refractivity contribution in [1.82, 2.24) is 9.80 Å². The van der Waals surface area contributed by atoms with Gasteiger partial charge in [-0.05, 0) is 32.1 Å². The van der Waals surface area contributed by atoms with Crippen LogP contribution in [-0.2, 0) is 14.3 Å². The van der Waals surface area contributed by atoms with Crippen molar-refractivity contribution in [3.8, 4) is 0 Å². The number of nitrogens with zero attached hydrogens (tertiary/aromatic N) is 2. The molecule has 0 unspecified atom stereocenters. The minimum Gasteiger partial charge on any atom is -0.380 e. The molecule has 0 aromatic heterocycles. The van der Waals surface area contributed by atoms with E-state index in [1.165, 1.54) is 6.42 Å². The Balaban J connectivity index is 1.46. The molecular weight excluding hydrogens is 268 g/mol. The van der Waals surface area contributed by atoms with Crippen LogP contribution in [0.1, 0.15) is 38.5 Å². The molecule has 1 saturated carbocycles. The lowest BCUT2D eigenvalue weighted by Crippen LogP contribution is -2.46. The summed E-state index contributed by atoms with van der Waals surface area (Å²) in [6, 6.07) is 0. The van der Waals surface area contributed by atoms with Crippen LogP contribution in [-0.4, -0.2) is 61.0 Å². The van der Waals surface area contributed by atoms with Crippen LogP contribution in [0.4, 0.5) is 0 Å². The van der Waals surface area contributed by atoms with Gasteiger partial charge in [-0.25, -0.2) is 0 Å². The standard InChI is InChI=1S/C16H26N2O3/c1-21-14-7-10-18(11-14)16(20)13-5-8-17(9-6-13)15(19)12-3-2-4-12/h12-14H,2-11H2,1H3/t14-/m1/s1. The number of carbonyl (C=O) groups excluding carboxylic acids is 2. The maximum Gasteiger partial charge on any atom is 0.225 e. The molecule has 2 saturated heterocycles. The minimum atomic E-state index is 0.103. The van der Waals surface area contributed by atoms with Gasteiger partial charge in [-0.15, -0.1) is 0 Å². The molecule has 1 aliphatic carbocycles. The van der Waals surface area contributed by atoms with E-state index in [9.17, 15) is 9.59 Å². The number of rotatable bonds is 3. The molecule has 3 fully saturated rings. The second kappa shape index (κ2) is 6.34. The Kier molecular flexibility index (Phi) is 4.48. The largest absolute Gasteiger partial charge is 0.380 e. The molecule has 0 aromatic rings. The van der Waals surface area contributed by atoms with Crippen molar-refractivity contribution >= 4 is 11.8 Å². The Labute approximate surface area is 126 Å². The van der Waals surface area contributed by atoms with Crippen molar-refractivity contribution < 1.29 is 14.3 Å². The molecular formula is C16H26N2O3. The van der Waals surface area contributed by atoms with E-state index in [4.69, 9.17) is 4.74 Å². The molecule has 2 amide bonds. The third-order valence-corrected chi connectivity index (χ3v) is 5.40. The maximum atomic E-state index is 12.5. The van der Waals surface area contributed by atoms with E-state index >= 15 is 0 Å². The van der Waals surface area contributed by atoms with Gasteiger partial charge in [0.25, 0.3) is 0 Å². The molecule has 0 spiro atoms. The van der Waals surface area contributed by atoms with Crippen molar-refractivity contribution in [3.63, 3.8) is 0 Å². The van der Waals surface area contributed by atoms with E-state index in [0.717, 1.165) is 58.3 Å². The molecule has 0 N–H and O–H groups in total. The van der Waals surface area contributed by atoms with Crippen LogP contribution in [0.15, 0.2) is 0 Å². The molecule has 0 radical (unpaired) electrons. The van der Waals surface area contributed by atoms with Gasteiger partial charge in [0.2, 0.25) is 11.8 Å². The predicted molar refractivity (Wildman–Crippen MR) is 78.6 cm³/mol. The summed E-state index contributed by atoms with van der Waals surface area (Å²) < 4.78 is 5.33. The highest BCUT2D eigenvalue weighted by Crippen LogP contribution is 2.30. The lowest BCUT2D eigenvalue weighted by Gasteiger charge is -2.37. The highest BCUT2D eigenvalue weighted by atomic mass is 16.5. The number of amides is 2. The molecule has 0 aromatic carbocycles. The zero-order valence-electron chi connectivity index (χ0n) is 12.9. The van der Waals surface area contributed by atoms with Crippen LogP contribution in [0.2, 0.25) is 0 Å². The molecule has 118 valence electrons. The van der Waals surface area contributed by atoms with Gasteiger partial charge in [0.1, 0.15) is 0 Å². The molecule has 5 heteroatoms. The fourth-order valence-corrected chi connectivity index (χ4v) is 3.64. The van der Waals surface area contributed by atoms with Crippen LogP contribution in [0.5, 0.6) is 0 Å². The third-order valence-electron chi connectivity index (χ3n) is 5.40. The van der Waals surface area contributed by atoms with Gasteiger partial charge >= 0.3 is 0 Å². The Bertz CT molecular complexity index is 400. The summed E-state index contributed by atoms with van der Waals surface area (Å²) in [5, 5.41) is 0. The lowest BCUT2D eigenvalue weighted by atomic mass is 9.83. The average Bonchev–Trinajstić information content (AvgIpc) is 2.93. The van der Waals surface area contributed by atoms with Gasteiger partial charge in [0.15, 0.2) is 0 Å². The van der Waals surface area contributed by atoms with Crippen LogP contribution in [0, 0.1) is 11.8 Å². The number of hydrogen-bond donors (Lipinski definition) is 0. The second-order valence-corrected chi connectivity index (χ2v) is 6.66. The SMILES string of the molecule is CO[C@@H]1CCN(C(=O)C2CCN(C(=O)C3CCC3)CC2)C1. The van der Waals surface area contributed by atoms with Crippen molar-refractivity contribution in [2.24, 2.45) is 11.8 Å².